The number of rotatable bonds is 5. The van der Waals surface area contributed by atoms with Crippen molar-refractivity contribution in [2.75, 3.05) is 6.61 Å². The fourth-order valence-electron chi connectivity index (χ4n) is 2.41. The number of hydrogen-bond donors (Lipinski definition) is 1. The van der Waals surface area contributed by atoms with Crippen molar-refractivity contribution in [1.82, 2.24) is 15.4 Å². The molecule has 19 heavy (non-hydrogen) atoms. The van der Waals surface area contributed by atoms with Crippen LogP contribution in [-0.2, 0) is 6.42 Å². The fraction of sp³-hybridized carbons (Fsp3) is 0.467. The summed E-state index contributed by atoms with van der Waals surface area (Å²) in [5, 5.41) is 10.6. The molecule has 0 bridgehead atoms. The first-order valence-electron chi connectivity index (χ1n) is 6.71. The van der Waals surface area contributed by atoms with Crippen molar-refractivity contribution in [2.45, 2.75) is 40.0 Å². The summed E-state index contributed by atoms with van der Waals surface area (Å²) in [6, 6.07) is 4.23. The normalized spacial score (nSPS) is 12.4. The van der Waals surface area contributed by atoms with E-state index in [9.17, 15) is 0 Å². The lowest BCUT2D eigenvalue weighted by molar-refractivity contribution is 0.337. The molecule has 0 aliphatic carbocycles. The second-order valence-electron chi connectivity index (χ2n) is 4.90. The maximum atomic E-state index is 5.63. The van der Waals surface area contributed by atoms with Gasteiger partial charge in [-0.25, -0.2) is 0 Å². The molecule has 1 aromatic carbocycles. The Morgan fingerprint density at radius 2 is 2.05 bits per heavy atom. The first-order valence-corrected chi connectivity index (χ1v) is 6.71. The van der Waals surface area contributed by atoms with E-state index in [-0.39, 0.29) is 0 Å². The molecule has 0 amide bonds. The van der Waals surface area contributed by atoms with E-state index in [1.807, 2.05) is 6.92 Å². The largest absolute Gasteiger partial charge is 0.494 e. The minimum atomic E-state index is 0.416. The number of nitrogens with zero attached hydrogens (tertiary/aromatic N) is 2. The minimum absolute atomic E-state index is 0.416. The van der Waals surface area contributed by atoms with E-state index in [1.165, 1.54) is 16.7 Å². The highest BCUT2D eigenvalue weighted by Crippen LogP contribution is 2.30. The van der Waals surface area contributed by atoms with Crippen LogP contribution >= 0.6 is 0 Å². The van der Waals surface area contributed by atoms with E-state index in [0.29, 0.717) is 12.5 Å². The van der Waals surface area contributed by atoms with Crippen LogP contribution in [0, 0.1) is 13.8 Å². The third-order valence-corrected chi connectivity index (χ3v) is 3.59. The second kappa shape index (κ2) is 5.87. The van der Waals surface area contributed by atoms with Crippen LogP contribution in [0.1, 0.15) is 42.1 Å². The van der Waals surface area contributed by atoms with E-state index in [4.69, 9.17) is 4.74 Å². The Labute approximate surface area is 114 Å². The third kappa shape index (κ3) is 2.95. The van der Waals surface area contributed by atoms with Crippen LogP contribution in [0.5, 0.6) is 5.75 Å². The smallest absolute Gasteiger partial charge is 0.122 e. The predicted molar refractivity (Wildman–Crippen MR) is 75.6 cm³/mol. The molecular formula is C15H21N3O. The average molecular weight is 259 g/mol. The van der Waals surface area contributed by atoms with Gasteiger partial charge in [0.2, 0.25) is 0 Å². The summed E-state index contributed by atoms with van der Waals surface area (Å²) in [7, 11) is 0. The van der Waals surface area contributed by atoms with Gasteiger partial charge in [0.25, 0.3) is 0 Å². The molecule has 0 aliphatic rings. The lowest BCUT2D eigenvalue weighted by Crippen LogP contribution is -2.04. The molecule has 0 saturated carbocycles. The molecule has 0 aliphatic heterocycles. The fourth-order valence-corrected chi connectivity index (χ4v) is 2.41. The quantitative estimate of drug-likeness (QED) is 0.897. The summed E-state index contributed by atoms with van der Waals surface area (Å²) < 4.78 is 5.63. The Kier molecular flexibility index (Phi) is 4.20. The Morgan fingerprint density at radius 1 is 1.26 bits per heavy atom. The highest BCUT2D eigenvalue weighted by molar-refractivity contribution is 5.45. The van der Waals surface area contributed by atoms with Crippen molar-refractivity contribution in [3.05, 3.63) is 40.7 Å². The van der Waals surface area contributed by atoms with Gasteiger partial charge in [-0.05, 0) is 55.9 Å². The molecule has 1 heterocycles. The monoisotopic (exact) mass is 259 g/mol. The van der Waals surface area contributed by atoms with Crippen LogP contribution in [0.25, 0.3) is 0 Å². The van der Waals surface area contributed by atoms with E-state index < -0.39 is 0 Å². The van der Waals surface area contributed by atoms with E-state index in [1.54, 1.807) is 6.20 Å². The number of hydrogen-bond acceptors (Lipinski definition) is 3. The van der Waals surface area contributed by atoms with E-state index in [2.05, 4.69) is 48.3 Å². The molecule has 0 saturated heterocycles. The molecule has 4 heteroatoms. The van der Waals surface area contributed by atoms with Crippen LogP contribution in [-0.4, -0.2) is 22.0 Å². The Bertz CT molecular complexity index is 535. The number of aromatic nitrogens is 3. The lowest BCUT2D eigenvalue weighted by Gasteiger charge is -2.18. The third-order valence-electron chi connectivity index (χ3n) is 3.59. The van der Waals surface area contributed by atoms with Gasteiger partial charge in [-0.15, -0.1) is 0 Å². The summed E-state index contributed by atoms with van der Waals surface area (Å²) in [6.45, 7) is 9.21. The van der Waals surface area contributed by atoms with Gasteiger partial charge < -0.3 is 4.74 Å². The zero-order valence-electron chi connectivity index (χ0n) is 12.0. The zero-order chi connectivity index (χ0) is 13.8. The van der Waals surface area contributed by atoms with E-state index >= 15 is 0 Å². The van der Waals surface area contributed by atoms with Gasteiger partial charge in [0.15, 0.2) is 0 Å². The van der Waals surface area contributed by atoms with Crippen LogP contribution < -0.4 is 4.74 Å². The van der Waals surface area contributed by atoms with E-state index in [0.717, 1.165) is 17.9 Å². The van der Waals surface area contributed by atoms with Gasteiger partial charge in [-0.3, -0.25) is 0 Å². The van der Waals surface area contributed by atoms with Crippen LogP contribution in [0.3, 0.4) is 0 Å². The number of H-pyrrole nitrogens is 1. The molecule has 2 rings (SSSR count). The van der Waals surface area contributed by atoms with Gasteiger partial charge in [-0.1, -0.05) is 13.0 Å². The number of benzene rings is 1. The number of ether oxygens (including phenoxy) is 1. The van der Waals surface area contributed by atoms with Crippen molar-refractivity contribution in [3.8, 4) is 5.75 Å². The summed E-state index contributed by atoms with van der Waals surface area (Å²) >= 11 is 0. The van der Waals surface area contributed by atoms with Gasteiger partial charge in [0.05, 0.1) is 18.5 Å². The molecular weight excluding hydrogens is 238 g/mol. The summed E-state index contributed by atoms with van der Waals surface area (Å²) in [6.07, 6.45) is 2.68. The molecule has 2 aromatic rings. The average Bonchev–Trinajstić information content (AvgIpc) is 2.88. The van der Waals surface area contributed by atoms with Crippen molar-refractivity contribution in [1.29, 1.82) is 0 Å². The molecule has 1 atom stereocenters. The Morgan fingerprint density at radius 3 is 2.68 bits per heavy atom. The molecule has 102 valence electrons. The topological polar surface area (TPSA) is 50.8 Å². The first kappa shape index (κ1) is 13.6. The Hall–Kier alpha value is -1.84. The number of nitrogens with one attached hydrogen (secondary N) is 1. The molecule has 1 unspecified atom stereocenters. The molecule has 0 spiro atoms. The van der Waals surface area contributed by atoms with Crippen molar-refractivity contribution < 1.29 is 4.74 Å². The van der Waals surface area contributed by atoms with Crippen LogP contribution in [0.4, 0.5) is 0 Å². The minimum Gasteiger partial charge on any atom is -0.494 e. The zero-order valence-corrected chi connectivity index (χ0v) is 12.0. The summed E-state index contributed by atoms with van der Waals surface area (Å²) in [5.74, 6) is 1.40. The SMILES string of the molecule is CCOc1ccc(C(C)Cc2cn[nH]n2)c(C)c1C. The van der Waals surface area contributed by atoms with Crippen LogP contribution in [0.2, 0.25) is 0 Å². The molecule has 1 aromatic heterocycles. The molecule has 1 N–H and O–H groups in total. The second-order valence-corrected chi connectivity index (χ2v) is 4.90. The highest BCUT2D eigenvalue weighted by Gasteiger charge is 2.14. The maximum absolute atomic E-state index is 5.63. The van der Waals surface area contributed by atoms with Gasteiger partial charge in [0.1, 0.15) is 5.75 Å². The van der Waals surface area contributed by atoms with Gasteiger partial charge in [-0.2, -0.15) is 15.4 Å². The van der Waals surface area contributed by atoms with Gasteiger partial charge >= 0.3 is 0 Å². The van der Waals surface area contributed by atoms with Crippen LogP contribution in [0.15, 0.2) is 18.3 Å². The highest BCUT2D eigenvalue weighted by atomic mass is 16.5. The molecule has 4 nitrogen and oxygen atoms in total. The lowest BCUT2D eigenvalue weighted by atomic mass is 9.90. The first-order chi connectivity index (χ1) is 9.13. The molecule has 0 radical (unpaired) electrons. The standard InChI is InChI=1S/C15H21N3O/c1-5-19-15-7-6-14(11(3)12(15)4)10(2)8-13-9-16-18-17-13/h6-7,9-10H,5,8H2,1-4H3,(H,16,17,18). The predicted octanol–water partition coefficient (Wildman–Crippen LogP) is 3.17. The maximum Gasteiger partial charge on any atom is 0.122 e. The Balaban J connectivity index is 2.22. The molecule has 0 fully saturated rings. The van der Waals surface area contributed by atoms with Gasteiger partial charge in [0, 0.05) is 0 Å². The van der Waals surface area contributed by atoms with Crippen molar-refractivity contribution in [3.63, 3.8) is 0 Å². The summed E-state index contributed by atoms with van der Waals surface area (Å²) in [4.78, 5) is 0. The van der Waals surface area contributed by atoms with Crippen molar-refractivity contribution in [2.24, 2.45) is 0 Å². The summed E-state index contributed by atoms with van der Waals surface area (Å²) in [5.41, 5.74) is 4.88. The number of aromatic amines is 1. The van der Waals surface area contributed by atoms with Crippen molar-refractivity contribution >= 4 is 0 Å².